The smallest absolute Gasteiger partial charge is 0.264 e. The summed E-state index contributed by atoms with van der Waals surface area (Å²) < 4.78 is 32.3. The van der Waals surface area contributed by atoms with Gasteiger partial charge in [0.2, 0.25) is 0 Å². The number of carbonyl (C=O) groups is 1. The number of aryl methyl sites for hydroxylation is 2. The second kappa shape index (κ2) is 9.41. The van der Waals surface area contributed by atoms with Gasteiger partial charge in [0.05, 0.1) is 21.3 Å². The van der Waals surface area contributed by atoms with Gasteiger partial charge in [-0.2, -0.15) is 0 Å². The minimum Gasteiger partial charge on any atom is -0.484 e. The molecule has 6 nitrogen and oxygen atoms in total. The van der Waals surface area contributed by atoms with Crippen molar-refractivity contribution in [3.63, 3.8) is 0 Å². The van der Waals surface area contributed by atoms with Gasteiger partial charge in [-0.05, 0) is 67.9 Å². The van der Waals surface area contributed by atoms with E-state index in [2.05, 4.69) is 5.32 Å². The number of halogens is 1. The van der Waals surface area contributed by atoms with Crippen LogP contribution in [0.2, 0.25) is 5.02 Å². The highest BCUT2D eigenvalue weighted by atomic mass is 35.5. The molecule has 3 rings (SSSR count). The summed E-state index contributed by atoms with van der Waals surface area (Å²) in [6, 6.07) is 18.5. The van der Waals surface area contributed by atoms with Gasteiger partial charge in [0.25, 0.3) is 15.9 Å². The predicted molar refractivity (Wildman–Crippen MR) is 124 cm³/mol. The third-order valence-electron chi connectivity index (χ3n) is 4.65. The van der Waals surface area contributed by atoms with Crippen molar-refractivity contribution in [1.29, 1.82) is 0 Å². The van der Waals surface area contributed by atoms with Gasteiger partial charge in [0, 0.05) is 7.05 Å². The van der Waals surface area contributed by atoms with E-state index in [0.29, 0.717) is 22.1 Å². The van der Waals surface area contributed by atoms with Gasteiger partial charge in [-0.15, -0.1) is 0 Å². The molecule has 0 aliphatic rings. The van der Waals surface area contributed by atoms with Gasteiger partial charge < -0.3 is 10.1 Å². The Morgan fingerprint density at radius 1 is 0.968 bits per heavy atom. The summed E-state index contributed by atoms with van der Waals surface area (Å²) >= 11 is 6.12. The van der Waals surface area contributed by atoms with Crippen LogP contribution in [0.5, 0.6) is 5.75 Å². The number of anilines is 2. The molecule has 1 N–H and O–H groups in total. The van der Waals surface area contributed by atoms with Crippen molar-refractivity contribution in [2.45, 2.75) is 18.7 Å². The number of hydrogen-bond donors (Lipinski definition) is 1. The number of rotatable bonds is 7. The Kier molecular flexibility index (Phi) is 6.87. The molecule has 0 bridgehead atoms. The van der Waals surface area contributed by atoms with Crippen molar-refractivity contribution in [3.8, 4) is 5.75 Å². The second-order valence-electron chi connectivity index (χ2n) is 7.10. The molecule has 0 unspecified atom stereocenters. The Bertz CT molecular complexity index is 1180. The molecular weight excluding hydrogens is 436 g/mol. The fraction of sp³-hybridized carbons (Fsp3) is 0.174. The molecule has 0 spiro atoms. The van der Waals surface area contributed by atoms with Crippen LogP contribution in [0.25, 0.3) is 0 Å². The van der Waals surface area contributed by atoms with E-state index in [-0.39, 0.29) is 17.4 Å². The lowest BCUT2D eigenvalue weighted by molar-refractivity contribution is -0.118. The average Bonchev–Trinajstić information content (AvgIpc) is 2.74. The van der Waals surface area contributed by atoms with E-state index in [1.54, 1.807) is 60.7 Å². The summed E-state index contributed by atoms with van der Waals surface area (Å²) in [7, 11) is -2.18. The van der Waals surface area contributed by atoms with Crippen molar-refractivity contribution >= 4 is 38.9 Å². The second-order valence-corrected chi connectivity index (χ2v) is 9.48. The molecule has 0 aliphatic carbocycles. The lowest BCUT2D eigenvalue weighted by atomic mass is 10.2. The van der Waals surface area contributed by atoms with E-state index in [4.69, 9.17) is 16.3 Å². The highest BCUT2D eigenvalue weighted by Gasteiger charge is 2.21. The number of nitrogens with zero attached hydrogens (tertiary/aromatic N) is 1. The number of benzene rings is 3. The Balaban J connectivity index is 1.62. The zero-order chi connectivity index (χ0) is 22.6. The maximum atomic E-state index is 12.8. The molecule has 3 aromatic rings. The molecule has 3 aromatic carbocycles. The van der Waals surface area contributed by atoms with Crippen LogP contribution in [0.15, 0.2) is 71.6 Å². The molecule has 31 heavy (non-hydrogen) atoms. The van der Waals surface area contributed by atoms with Crippen LogP contribution in [0.4, 0.5) is 11.4 Å². The summed E-state index contributed by atoms with van der Waals surface area (Å²) in [5.74, 6) is 0.0870. The first-order valence-electron chi connectivity index (χ1n) is 9.51. The number of hydrogen-bond acceptors (Lipinski definition) is 4. The fourth-order valence-corrected chi connectivity index (χ4v) is 4.29. The summed E-state index contributed by atoms with van der Waals surface area (Å²) in [6.45, 7) is 3.60. The summed E-state index contributed by atoms with van der Waals surface area (Å²) in [4.78, 5) is 12.3. The van der Waals surface area contributed by atoms with Gasteiger partial charge in [0.15, 0.2) is 6.61 Å². The van der Waals surface area contributed by atoms with Crippen LogP contribution in [0.3, 0.4) is 0 Å². The predicted octanol–water partition coefficient (Wildman–Crippen LogP) is 4.80. The molecule has 8 heteroatoms. The van der Waals surface area contributed by atoms with E-state index in [1.807, 2.05) is 19.9 Å². The largest absolute Gasteiger partial charge is 0.484 e. The van der Waals surface area contributed by atoms with Crippen LogP contribution < -0.4 is 14.4 Å². The molecule has 1 amide bonds. The highest BCUT2D eigenvalue weighted by Crippen LogP contribution is 2.25. The lowest BCUT2D eigenvalue weighted by Crippen LogP contribution is -2.26. The minimum atomic E-state index is -3.67. The normalized spacial score (nSPS) is 11.1. The molecular formula is C23H23ClN2O4S. The first kappa shape index (κ1) is 22.7. The summed E-state index contributed by atoms with van der Waals surface area (Å²) in [5, 5.41) is 3.15. The topological polar surface area (TPSA) is 75.7 Å². The molecule has 0 aromatic heterocycles. The Morgan fingerprint density at radius 2 is 1.58 bits per heavy atom. The lowest BCUT2D eigenvalue weighted by Gasteiger charge is -2.20. The first-order chi connectivity index (χ1) is 14.7. The molecule has 0 atom stereocenters. The summed E-state index contributed by atoms with van der Waals surface area (Å²) in [6.07, 6.45) is 0. The SMILES string of the molecule is Cc1ccc(S(=O)(=O)N(C)c2ccc(OCC(=O)Nc3ccc(C)cc3Cl)cc2)cc1. The Hall–Kier alpha value is -3.03. The molecule has 0 radical (unpaired) electrons. The summed E-state index contributed by atoms with van der Waals surface area (Å²) in [5.41, 5.74) is 2.97. The van der Waals surface area contributed by atoms with E-state index in [0.717, 1.165) is 11.1 Å². The maximum Gasteiger partial charge on any atom is 0.264 e. The molecule has 0 saturated carbocycles. The Morgan fingerprint density at radius 3 is 2.19 bits per heavy atom. The number of nitrogens with one attached hydrogen (secondary N) is 1. The molecule has 162 valence electrons. The zero-order valence-electron chi connectivity index (χ0n) is 17.4. The van der Waals surface area contributed by atoms with Crippen molar-refractivity contribution in [2.75, 3.05) is 23.3 Å². The van der Waals surface area contributed by atoms with Crippen LogP contribution >= 0.6 is 11.6 Å². The van der Waals surface area contributed by atoms with Crippen LogP contribution in [0, 0.1) is 13.8 Å². The van der Waals surface area contributed by atoms with Crippen molar-refractivity contribution in [2.24, 2.45) is 0 Å². The zero-order valence-corrected chi connectivity index (χ0v) is 19.0. The van der Waals surface area contributed by atoms with E-state index >= 15 is 0 Å². The Labute approximate surface area is 187 Å². The van der Waals surface area contributed by atoms with Crippen LogP contribution in [0.1, 0.15) is 11.1 Å². The van der Waals surface area contributed by atoms with Gasteiger partial charge in [-0.25, -0.2) is 8.42 Å². The average molecular weight is 459 g/mol. The van der Waals surface area contributed by atoms with E-state index < -0.39 is 10.0 Å². The van der Waals surface area contributed by atoms with Crippen LogP contribution in [-0.2, 0) is 14.8 Å². The number of amides is 1. The highest BCUT2D eigenvalue weighted by molar-refractivity contribution is 7.92. The van der Waals surface area contributed by atoms with E-state index in [1.165, 1.54) is 11.4 Å². The molecule has 0 aliphatic heterocycles. The van der Waals surface area contributed by atoms with Gasteiger partial charge in [-0.3, -0.25) is 9.10 Å². The van der Waals surface area contributed by atoms with Gasteiger partial charge in [-0.1, -0.05) is 35.4 Å². The van der Waals surface area contributed by atoms with Gasteiger partial charge in [0.1, 0.15) is 5.75 Å². The quantitative estimate of drug-likeness (QED) is 0.551. The molecule has 0 saturated heterocycles. The molecule has 0 fully saturated rings. The van der Waals surface area contributed by atoms with Crippen molar-refractivity contribution in [3.05, 3.63) is 82.9 Å². The third kappa shape index (κ3) is 5.57. The van der Waals surface area contributed by atoms with Crippen molar-refractivity contribution < 1.29 is 17.9 Å². The minimum absolute atomic E-state index is 0.207. The monoisotopic (exact) mass is 458 g/mol. The van der Waals surface area contributed by atoms with Gasteiger partial charge >= 0.3 is 0 Å². The number of carbonyl (C=O) groups excluding carboxylic acids is 1. The van der Waals surface area contributed by atoms with Crippen LogP contribution in [-0.4, -0.2) is 28.0 Å². The van der Waals surface area contributed by atoms with E-state index in [9.17, 15) is 13.2 Å². The number of ether oxygens (including phenoxy) is 1. The third-order valence-corrected chi connectivity index (χ3v) is 6.76. The van der Waals surface area contributed by atoms with Crippen molar-refractivity contribution in [1.82, 2.24) is 0 Å². The number of sulfonamides is 1. The molecule has 0 heterocycles. The maximum absolute atomic E-state index is 12.8. The first-order valence-corrected chi connectivity index (χ1v) is 11.3. The fourth-order valence-electron chi connectivity index (χ4n) is 2.82. The standard InChI is InChI=1S/C23H23ClN2O4S/c1-16-4-11-20(12-5-16)31(28,29)26(3)18-7-9-19(10-8-18)30-15-23(27)25-22-13-6-17(2)14-21(22)24/h4-14H,15H2,1-3H3,(H,25,27).